The Hall–Kier alpha value is -0.420. The molecule has 2 unspecified atom stereocenters. The van der Waals surface area contributed by atoms with E-state index in [1.807, 2.05) is 13.8 Å². The molecule has 0 amide bonds. The molecule has 0 spiro atoms. The Balaban J connectivity index is 3.84. The first-order chi connectivity index (χ1) is 5.95. The fourth-order valence-corrected chi connectivity index (χ4v) is 1.37. The second kappa shape index (κ2) is 6.10. The normalized spacial score (nSPS) is 15.7. The molecule has 4 nitrogen and oxygen atoms in total. The standard InChI is InChI=1S/C8H17NO3S/c1-6(2)7(8(10)11)9-4-5-13(3)12/h6-7,9H,4-5H2,1-3H3,(H,10,11). The van der Waals surface area contributed by atoms with Gasteiger partial charge in [-0.25, -0.2) is 0 Å². The molecule has 0 aliphatic rings. The van der Waals surface area contributed by atoms with Gasteiger partial charge in [-0.05, 0) is 5.92 Å². The molecule has 0 aromatic heterocycles. The second-order valence-corrected chi connectivity index (χ2v) is 4.85. The number of carbonyl (C=O) groups is 1. The molecule has 0 aliphatic heterocycles. The van der Waals surface area contributed by atoms with Gasteiger partial charge in [-0.15, -0.1) is 0 Å². The molecule has 5 heteroatoms. The minimum absolute atomic E-state index is 0.0443. The summed E-state index contributed by atoms with van der Waals surface area (Å²) in [5.41, 5.74) is 0. The Bertz CT molecular complexity index is 194. The highest BCUT2D eigenvalue weighted by atomic mass is 32.2. The minimum atomic E-state index is -0.864. The Morgan fingerprint density at radius 2 is 2.08 bits per heavy atom. The van der Waals surface area contributed by atoms with Crippen LogP contribution in [-0.2, 0) is 15.6 Å². The van der Waals surface area contributed by atoms with Gasteiger partial charge in [0.05, 0.1) is 0 Å². The van der Waals surface area contributed by atoms with Crippen molar-refractivity contribution < 1.29 is 14.1 Å². The largest absolute Gasteiger partial charge is 0.480 e. The first-order valence-corrected chi connectivity index (χ1v) is 5.94. The summed E-state index contributed by atoms with van der Waals surface area (Å²) in [7, 11) is -0.864. The van der Waals surface area contributed by atoms with Gasteiger partial charge < -0.3 is 10.4 Å². The molecular weight excluding hydrogens is 190 g/mol. The van der Waals surface area contributed by atoms with Crippen LogP contribution in [0.2, 0.25) is 0 Å². The maximum Gasteiger partial charge on any atom is 0.320 e. The minimum Gasteiger partial charge on any atom is -0.480 e. The van der Waals surface area contributed by atoms with E-state index in [-0.39, 0.29) is 5.92 Å². The highest BCUT2D eigenvalue weighted by molar-refractivity contribution is 7.84. The van der Waals surface area contributed by atoms with Crippen LogP contribution in [0, 0.1) is 5.92 Å². The monoisotopic (exact) mass is 207 g/mol. The van der Waals surface area contributed by atoms with Gasteiger partial charge in [0.2, 0.25) is 0 Å². The van der Waals surface area contributed by atoms with Gasteiger partial charge in [0.15, 0.2) is 0 Å². The Kier molecular flexibility index (Phi) is 5.90. The lowest BCUT2D eigenvalue weighted by Gasteiger charge is -2.17. The van der Waals surface area contributed by atoms with Gasteiger partial charge >= 0.3 is 5.97 Å². The lowest BCUT2D eigenvalue weighted by Crippen LogP contribution is -2.42. The van der Waals surface area contributed by atoms with E-state index >= 15 is 0 Å². The Labute approximate surface area is 81.2 Å². The average Bonchev–Trinajstić information content (AvgIpc) is 1.95. The van der Waals surface area contributed by atoms with Crippen molar-refractivity contribution in [3.05, 3.63) is 0 Å². The maximum absolute atomic E-state index is 10.7. The molecule has 0 heterocycles. The summed E-state index contributed by atoms with van der Waals surface area (Å²) in [5.74, 6) is -0.309. The van der Waals surface area contributed by atoms with E-state index in [1.54, 1.807) is 6.26 Å². The number of hydrogen-bond acceptors (Lipinski definition) is 3. The molecule has 0 saturated carbocycles. The molecule has 2 N–H and O–H groups in total. The van der Waals surface area contributed by atoms with E-state index in [1.165, 1.54) is 0 Å². The third-order valence-corrected chi connectivity index (χ3v) is 2.47. The summed E-state index contributed by atoms with van der Waals surface area (Å²) in [4.78, 5) is 10.7. The van der Waals surface area contributed by atoms with E-state index in [9.17, 15) is 9.00 Å². The lowest BCUT2D eigenvalue weighted by molar-refractivity contribution is -0.140. The molecule has 0 aliphatic carbocycles. The van der Waals surface area contributed by atoms with Crippen molar-refractivity contribution in [2.24, 2.45) is 5.92 Å². The van der Waals surface area contributed by atoms with Crippen molar-refractivity contribution in [1.29, 1.82) is 0 Å². The van der Waals surface area contributed by atoms with Crippen LogP contribution in [0.1, 0.15) is 13.8 Å². The zero-order valence-corrected chi connectivity index (χ0v) is 9.06. The first-order valence-electron chi connectivity index (χ1n) is 4.21. The van der Waals surface area contributed by atoms with Crippen molar-refractivity contribution in [1.82, 2.24) is 5.32 Å². The summed E-state index contributed by atoms with van der Waals surface area (Å²) in [5, 5.41) is 11.6. The van der Waals surface area contributed by atoms with Crippen molar-refractivity contribution in [3.63, 3.8) is 0 Å². The van der Waals surface area contributed by atoms with E-state index in [4.69, 9.17) is 5.11 Å². The maximum atomic E-state index is 10.7. The molecule has 0 bridgehead atoms. The topological polar surface area (TPSA) is 66.4 Å². The summed E-state index contributed by atoms with van der Waals surface area (Å²) in [6.07, 6.45) is 1.60. The zero-order valence-electron chi connectivity index (χ0n) is 8.24. The van der Waals surface area contributed by atoms with Crippen molar-refractivity contribution in [2.45, 2.75) is 19.9 Å². The molecular formula is C8H17NO3S. The van der Waals surface area contributed by atoms with Crippen LogP contribution in [0.25, 0.3) is 0 Å². The van der Waals surface area contributed by atoms with Crippen LogP contribution < -0.4 is 5.32 Å². The number of rotatable bonds is 6. The molecule has 13 heavy (non-hydrogen) atoms. The summed E-state index contributed by atoms with van der Waals surface area (Å²) < 4.78 is 10.7. The first kappa shape index (κ1) is 12.6. The van der Waals surface area contributed by atoms with Crippen LogP contribution >= 0.6 is 0 Å². The van der Waals surface area contributed by atoms with Gasteiger partial charge in [0, 0.05) is 29.4 Å². The number of hydrogen-bond donors (Lipinski definition) is 2. The molecule has 2 atom stereocenters. The lowest BCUT2D eigenvalue weighted by atomic mass is 10.1. The summed E-state index contributed by atoms with van der Waals surface area (Å²) in [6.45, 7) is 4.17. The number of carboxylic acids is 1. The van der Waals surface area contributed by atoms with E-state index in [0.717, 1.165) is 0 Å². The van der Waals surface area contributed by atoms with Crippen LogP contribution in [0.4, 0.5) is 0 Å². The molecule has 78 valence electrons. The second-order valence-electron chi connectivity index (χ2n) is 3.29. The fourth-order valence-electron chi connectivity index (χ4n) is 0.966. The van der Waals surface area contributed by atoms with Gasteiger partial charge in [0.25, 0.3) is 0 Å². The van der Waals surface area contributed by atoms with Crippen molar-refractivity contribution in [3.8, 4) is 0 Å². The van der Waals surface area contributed by atoms with Crippen LogP contribution in [0.3, 0.4) is 0 Å². The van der Waals surface area contributed by atoms with E-state index in [0.29, 0.717) is 12.3 Å². The molecule has 0 aromatic carbocycles. The molecule has 0 aromatic rings. The van der Waals surface area contributed by atoms with Gasteiger partial charge in [-0.3, -0.25) is 9.00 Å². The average molecular weight is 207 g/mol. The summed E-state index contributed by atoms with van der Waals surface area (Å²) in [6, 6.07) is -0.538. The third kappa shape index (κ3) is 5.76. The SMILES string of the molecule is CC(C)C(NCCS(C)=O)C(=O)O. The number of nitrogens with one attached hydrogen (secondary N) is 1. The highest BCUT2D eigenvalue weighted by Crippen LogP contribution is 2.00. The predicted molar refractivity (Wildman–Crippen MR) is 53.2 cm³/mol. The van der Waals surface area contributed by atoms with Crippen molar-refractivity contribution >= 4 is 16.8 Å². The summed E-state index contributed by atoms with van der Waals surface area (Å²) >= 11 is 0. The van der Waals surface area contributed by atoms with Crippen molar-refractivity contribution in [2.75, 3.05) is 18.6 Å². The van der Waals surface area contributed by atoms with Crippen LogP contribution in [-0.4, -0.2) is 39.9 Å². The Morgan fingerprint density at radius 3 is 2.38 bits per heavy atom. The quantitative estimate of drug-likeness (QED) is 0.646. The van der Waals surface area contributed by atoms with Gasteiger partial charge in [0.1, 0.15) is 6.04 Å². The highest BCUT2D eigenvalue weighted by Gasteiger charge is 2.19. The van der Waals surface area contributed by atoms with Gasteiger partial charge in [-0.1, -0.05) is 13.8 Å². The fraction of sp³-hybridized carbons (Fsp3) is 0.875. The Morgan fingerprint density at radius 1 is 1.54 bits per heavy atom. The predicted octanol–water partition coefficient (Wildman–Crippen LogP) is 0.0637. The van der Waals surface area contributed by atoms with E-state index < -0.39 is 22.8 Å². The molecule has 0 rings (SSSR count). The zero-order chi connectivity index (χ0) is 10.4. The third-order valence-electron chi connectivity index (χ3n) is 1.69. The number of aliphatic carboxylic acids is 1. The van der Waals surface area contributed by atoms with Gasteiger partial charge in [-0.2, -0.15) is 0 Å². The van der Waals surface area contributed by atoms with Crippen LogP contribution in [0.5, 0.6) is 0 Å². The van der Waals surface area contributed by atoms with E-state index in [2.05, 4.69) is 5.32 Å². The number of carboxylic acid groups (broad SMARTS) is 1. The molecule has 0 saturated heterocycles. The van der Waals surface area contributed by atoms with Crippen LogP contribution in [0.15, 0.2) is 0 Å². The smallest absolute Gasteiger partial charge is 0.320 e. The molecule has 0 radical (unpaired) electrons. The molecule has 0 fully saturated rings.